The van der Waals surface area contributed by atoms with E-state index in [1.165, 1.54) is 26.5 Å². The molecule has 18 heavy (non-hydrogen) atoms. The van der Waals surface area contributed by atoms with Gasteiger partial charge in [-0.1, -0.05) is 0 Å². The van der Waals surface area contributed by atoms with Crippen molar-refractivity contribution in [3.05, 3.63) is 0 Å². The van der Waals surface area contributed by atoms with Crippen LogP contribution in [0.3, 0.4) is 0 Å². The predicted octanol–water partition coefficient (Wildman–Crippen LogP) is 1.30. The van der Waals surface area contributed by atoms with Crippen LogP contribution < -0.4 is 0 Å². The number of ether oxygens (including phenoxy) is 2. The Morgan fingerprint density at radius 2 is 2.11 bits per heavy atom. The monoisotopic (exact) mass is 253 g/mol. The third-order valence-corrected chi connectivity index (χ3v) is 5.40. The Balaban J connectivity index is 1.84. The molecule has 0 bridgehead atoms. The lowest BCUT2D eigenvalue weighted by molar-refractivity contribution is -0.209. The third-order valence-electron chi connectivity index (χ3n) is 5.40. The van der Waals surface area contributed by atoms with Crippen molar-refractivity contribution in [1.82, 2.24) is 4.90 Å². The maximum absolute atomic E-state index is 12.2. The van der Waals surface area contributed by atoms with Crippen LogP contribution in [0.25, 0.3) is 0 Å². The molecule has 0 amide bonds. The molecule has 1 atom stereocenters. The van der Waals surface area contributed by atoms with E-state index in [0.717, 1.165) is 32.6 Å². The fraction of sp³-hybridized carbons (Fsp3) is 0.929. The molecule has 2 saturated heterocycles. The number of piperidine rings is 1. The number of methoxy groups -OCH3 is 1. The topological polar surface area (TPSA) is 38.8 Å². The summed E-state index contributed by atoms with van der Waals surface area (Å²) in [6, 6.07) is 0. The molecule has 102 valence electrons. The van der Waals surface area contributed by atoms with E-state index in [2.05, 4.69) is 11.9 Å². The highest BCUT2D eigenvalue weighted by Crippen LogP contribution is 2.66. The van der Waals surface area contributed by atoms with E-state index < -0.39 is 0 Å². The number of hydrogen-bond donors (Lipinski definition) is 0. The average molecular weight is 253 g/mol. The summed E-state index contributed by atoms with van der Waals surface area (Å²) in [5, 5.41) is 0. The molecule has 2 aliphatic heterocycles. The Bertz CT molecular complexity index is 347. The van der Waals surface area contributed by atoms with E-state index in [9.17, 15) is 4.79 Å². The second kappa shape index (κ2) is 4.20. The van der Waals surface area contributed by atoms with Crippen molar-refractivity contribution in [3.63, 3.8) is 0 Å². The quantitative estimate of drug-likeness (QED) is 0.711. The van der Waals surface area contributed by atoms with E-state index in [1.54, 1.807) is 0 Å². The lowest BCUT2D eigenvalue weighted by atomic mass is 9.60. The highest BCUT2D eigenvalue weighted by atomic mass is 16.5. The van der Waals surface area contributed by atoms with Crippen LogP contribution >= 0.6 is 0 Å². The second-order valence-electron chi connectivity index (χ2n) is 6.32. The first kappa shape index (κ1) is 12.4. The van der Waals surface area contributed by atoms with Crippen LogP contribution in [0.2, 0.25) is 0 Å². The molecule has 4 heteroatoms. The van der Waals surface area contributed by atoms with Gasteiger partial charge >= 0.3 is 5.97 Å². The molecule has 1 saturated carbocycles. The van der Waals surface area contributed by atoms with E-state index in [4.69, 9.17) is 9.47 Å². The number of carbonyl (C=O) groups excluding carboxylic acids is 1. The molecule has 3 rings (SSSR count). The largest absolute Gasteiger partial charge is 0.469 e. The van der Waals surface area contributed by atoms with Crippen molar-refractivity contribution < 1.29 is 14.3 Å². The molecule has 0 spiro atoms. The van der Waals surface area contributed by atoms with Gasteiger partial charge in [0.2, 0.25) is 0 Å². The molecule has 3 fully saturated rings. The Hall–Kier alpha value is -0.610. The summed E-state index contributed by atoms with van der Waals surface area (Å²) in [7, 11) is 3.69. The van der Waals surface area contributed by atoms with Crippen LogP contribution in [-0.4, -0.2) is 51.3 Å². The standard InChI is InChI=1S/C14H23NO3/c1-15-7-3-4-11(8-15)14(9-18-10-14)13(5-6-13)12(16)17-2/h11H,3-10H2,1-2H3. The van der Waals surface area contributed by atoms with Crippen molar-refractivity contribution in [2.45, 2.75) is 25.7 Å². The number of carbonyl (C=O) groups is 1. The molecule has 4 nitrogen and oxygen atoms in total. The summed E-state index contributed by atoms with van der Waals surface area (Å²) in [5.41, 5.74) is -0.155. The first-order chi connectivity index (χ1) is 8.64. The maximum Gasteiger partial charge on any atom is 0.312 e. The molecule has 1 aliphatic carbocycles. The molecule has 2 heterocycles. The minimum atomic E-state index is -0.219. The number of esters is 1. The van der Waals surface area contributed by atoms with E-state index in [1.807, 2.05) is 0 Å². The molecular formula is C14H23NO3. The van der Waals surface area contributed by atoms with Gasteiger partial charge in [-0.05, 0) is 45.2 Å². The summed E-state index contributed by atoms with van der Waals surface area (Å²) < 4.78 is 10.6. The smallest absolute Gasteiger partial charge is 0.312 e. The van der Waals surface area contributed by atoms with Gasteiger partial charge in [-0.2, -0.15) is 0 Å². The molecule has 0 N–H and O–H groups in total. The highest BCUT2D eigenvalue weighted by Gasteiger charge is 2.70. The fourth-order valence-corrected chi connectivity index (χ4v) is 4.07. The van der Waals surface area contributed by atoms with E-state index >= 15 is 0 Å². The van der Waals surface area contributed by atoms with Gasteiger partial charge in [-0.15, -0.1) is 0 Å². The van der Waals surface area contributed by atoms with Crippen molar-refractivity contribution >= 4 is 5.97 Å². The minimum absolute atomic E-state index is 0.000901. The molecular weight excluding hydrogens is 230 g/mol. The first-order valence-corrected chi connectivity index (χ1v) is 6.99. The van der Waals surface area contributed by atoms with Crippen LogP contribution in [0.4, 0.5) is 0 Å². The van der Waals surface area contributed by atoms with Crippen LogP contribution in [-0.2, 0) is 14.3 Å². The Morgan fingerprint density at radius 3 is 2.56 bits per heavy atom. The van der Waals surface area contributed by atoms with Crippen LogP contribution in [0.5, 0.6) is 0 Å². The Labute approximate surface area is 109 Å². The Kier molecular flexibility index (Phi) is 2.90. The summed E-state index contributed by atoms with van der Waals surface area (Å²) in [6.45, 7) is 3.78. The number of hydrogen-bond acceptors (Lipinski definition) is 4. The van der Waals surface area contributed by atoms with Crippen molar-refractivity contribution in [2.24, 2.45) is 16.7 Å². The number of rotatable bonds is 3. The van der Waals surface area contributed by atoms with Gasteiger partial charge in [0.05, 0.1) is 25.7 Å². The maximum atomic E-state index is 12.2. The minimum Gasteiger partial charge on any atom is -0.469 e. The first-order valence-electron chi connectivity index (χ1n) is 6.99. The molecule has 1 unspecified atom stereocenters. The zero-order valence-electron chi connectivity index (χ0n) is 11.4. The lowest BCUT2D eigenvalue weighted by Crippen LogP contribution is -2.60. The molecule has 0 aromatic heterocycles. The van der Waals surface area contributed by atoms with Gasteiger partial charge in [-0.25, -0.2) is 0 Å². The van der Waals surface area contributed by atoms with Gasteiger partial charge in [-0.3, -0.25) is 4.79 Å². The summed E-state index contributed by atoms with van der Waals surface area (Å²) in [6.07, 6.45) is 4.44. The highest BCUT2D eigenvalue weighted by molar-refractivity contribution is 5.81. The Morgan fingerprint density at radius 1 is 1.39 bits per heavy atom. The van der Waals surface area contributed by atoms with Gasteiger partial charge < -0.3 is 14.4 Å². The van der Waals surface area contributed by atoms with Crippen LogP contribution in [0, 0.1) is 16.7 Å². The van der Waals surface area contributed by atoms with Gasteiger partial charge in [0, 0.05) is 12.0 Å². The van der Waals surface area contributed by atoms with Gasteiger partial charge in [0.1, 0.15) is 0 Å². The predicted molar refractivity (Wildman–Crippen MR) is 67.2 cm³/mol. The number of nitrogens with zero attached hydrogens (tertiary/aromatic N) is 1. The molecule has 0 aromatic rings. The average Bonchev–Trinajstić information content (AvgIpc) is 3.08. The van der Waals surface area contributed by atoms with Gasteiger partial charge in [0.15, 0.2) is 0 Å². The van der Waals surface area contributed by atoms with Crippen LogP contribution in [0.1, 0.15) is 25.7 Å². The summed E-state index contributed by atoms with van der Waals surface area (Å²) in [4.78, 5) is 14.6. The summed E-state index contributed by atoms with van der Waals surface area (Å²) >= 11 is 0. The molecule has 0 radical (unpaired) electrons. The van der Waals surface area contributed by atoms with E-state index in [-0.39, 0.29) is 16.8 Å². The summed E-state index contributed by atoms with van der Waals surface area (Å²) in [5.74, 6) is 0.589. The van der Waals surface area contributed by atoms with Crippen LogP contribution in [0.15, 0.2) is 0 Å². The van der Waals surface area contributed by atoms with Crippen molar-refractivity contribution in [2.75, 3.05) is 40.5 Å². The van der Waals surface area contributed by atoms with Crippen molar-refractivity contribution in [1.29, 1.82) is 0 Å². The van der Waals surface area contributed by atoms with Gasteiger partial charge in [0.25, 0.3) is 0 Å². The zero-order chi connectivity index (χ0) is 12.8. The fourth-order valence-electron chi connectivity index (χ4n) is 4.07. The third kappa shape index (κ3) is 1.55. The zero-order valence-corrected chi connectivity index (χ0v) is 11.4. The second-order valence-corrected chi connectivity index (χ2v) is 6.32. The SMILES string of the molecule is COC(=O)C1(C2(C3CCCN(C)C3)COC2)CC1. The normalized spacial score (nSPS) is 33.6. The van der Waals surface area contributed by atoms with E-state index in [0.29, 0.717) is 5.92 Å². The van der Waals surface area contributed by atoms with Crippen molar-refractivity contribution in [3.8, 4) is 0 Å². The molecule has 0 aromatic carbocycles. The lowest BCUT2D eigenvalue weighted by Gasteiger charge is -2.53. The number of likely N-dealkylation sites (tertiary alicyclic amines) is 1. The molecule has 3 aliphatic rings.